The van der Waals surface area contributed by atoms with E-state index < -0.39 is 0 Å². The van der Waals surface area contributed by atoms with Gasteiger partial charge in [0.15, 0.2) is 0 Å². The van der Waals surface area contributed by atoms with Gasteiger partial charge in [-0.3, -0.25) is 4.79 Å². The molecule has 76 valence electrons. The second-order valence-electron chi connectivity index (χ2n) is 3.33. The zero-order chi connectivity index (χ0) is 9.52. The van der Waals surface area contributed by atoms with E-state index in [0.717, 1.165) is 31.5 Å². The summed E-state index contributed by atoms with van der Waals surface area (Å²) in [4.78, 5) is 11.1. The van der Waals surface area contributed by atoms with Crippen LogP contribution in [0.5, 0.6) is 0 Å². The Labute approximate surface area is 87.3 Å². The number of nitrogens with one attached hydrogen (secondary N) is 1. The molecular formula is C9H16BrNO2. The number of carbonyl (C=O) groups excluding carboxylic acids is 1. The van der Waals surface area contributed by atoms with Gasteiger partial charge in [-0.1, -0.05) is 15.9 Å². The van der Waals surface area contributed by atoms with Crippen LogP contribution < -0.4 is 5.32 Å². The molecule has 0 aliphatic carbocycles. The first-order valence-corrected chi connectivity index (χ1v) is 5.85. The van der Waals surface area contributed by atoms with Gasteiger partial charge in [0, 0.05) is 24.9 Å². The molecule has 0 aromatic heterocycles. The molecule has 0 aromatic rings. The Morgan fingerprint density at radius 1 is 1.62 bits per heavy atom. The van der Waals surface area contributed by atoms with Crippen LogP contribution >= 0.6 is 15.9 Å². The van der Waals surface area contributed by atoms with E-state index in [9.17, 15) is 4.79 Å². The number of amides is 1. The first kappa shape index (κ1) is 11.0. The highest BCUT2D eigenvalue weighted by Gasteiger charge is 2.14. The van der Waals surface area contributed by atoms with Crippen molar-refractivity contribution in [2.24, 2.45) is 5.92 Å². The SMILES string of the molecule is O=C(CCBr)NCC1CCCOC1. The van der Waals surface area contributed by atoms with E-state index in [1.807, 2.05) is 0 Å². The standard InChI is InChI=1S/C9H16BrNO2/c10-4-3-9(12)11-6-8-2-1-5-13-7-8/h8H,1-7H2,(H,11,12). The van der Waals surface area contributed by atoms with Gasteiger partial charge in [0.05, 0.1) is 6.61 Å². The van der Waals surface area contributed by atoms with E-state index in [1.165, 1.54) is 6.42 Å². The highest BCUT2D eigenvalue weighted by atomic mass is 79.9. The van der Waals surface area contributed by atoms with Crippen molar-refractivity contribution in [3.63, 3.8) is 0 Å². The maximum Gasteiger partial charge on any atom is 0.220 e. The number of ether oxygens (including phenoxy) is 1. The van der Waals surface area contributed by atoms with Crippen molar-refractivity contribution in [1.29, 1.82) is 0 Å². The monoisotopic (exact) mass is 249 g/mol. The molecule has 0 bridgehead atoms. The van der Waals surface area contributed by atoms with Crippen LogP contribution in [0.4, 0.5) is 0 Å². The summed E-state index contributed by atoms with van der Waals surface area (Å²) in [6.45, 7) is 2.45. The van der Waals surface area contributed by atoms with E-state index >= 15 is 0 Å². The molecule has 13 heavy (non-hydrogen) atoms. The molecule has 1 heterocycles. The third-order valence-electron chi connectivity index (χ3n) is 2.16. The number of rotatable bonds is 4. The second kappa shape index (κ2) is 6.38. The molecule has 1 aliphatic heterocycles. The Bertz CT molecular complexity index is 158. The molecule has 1 rings (SSSR count). The summed E-state index contributed by atoms with van der Waals surface area (Å²) in [5, 5.41) is 3.64. The Hall–Kier alpha value is -0.0900. The molecule has 0 radical (unpaired) electrons. The molecule has 1 amide bonds. The molecule has 1 fully saturated rings. The minimum Gasteiger partial charge on any atom is -0.381 e. The average Bonchev–Trinajstić information content (AvgIpc) is 2.17. The summed E-state index contributed by atoms with van der Waals surface area (Å²) in [5.74, 6) is 0.649. The quantitative estimate of drug-likeness (QED) is 0.764. The van der Waals surface area contributed by atoms with Gasteiger partial charge in [-0.15, -0.1) is 0 Å². The number of halogens is 1. The van der Waals surface area contributed by atoms with Gasteiger partial charge in [0.25, 0.3) is 0 Å². The lowest BCUT2D eigenvalue weighted by molar-refractivity contribution is -0.121. The Balaban J connectivity index is 2.06. The average molecular weight is 250 g/mol. The lowest BCUT2D eigenvalue weighted by atomic mass is 10.0. The van der Waals surface area contributed by atoms with Crippen LogP contribution in [0.25, 0.3) is 0 Å². The van der Waals surface area contributed by atoms with Gasteiger partial charge in [-0.2, -0.15) is 0 Å². The maximum absolute atomic E-state index is 11.1. The van der Waals surface area contributed by atoms with E-state index in [4.69, 9.17) is 4.74 Å². The summed E-state index contributed by atoms with van der Waals surface area (Å²) in [6.07, 6.45) is 2.86. The van der Waals surface area contributed by atoms with Crippen LogP contribution in [0.3, 0.4) is 0 Å². The molecule has 0 aromatic carbocycles. The smallest absolute Gasteiger partial charge is 0.220 e. The molecule has 1 saturated heterocycles. The minimum atomic E-state index is 0.127. The minimum absolute atomic E-state index is 0.127. The van der Waals surface area contributed by atoms with Gasteiger partial charge in [-0.25, -0.2) is 0 Å². The molecule has 1 unspecified atom stereocenters. The van der Waals surface area contributed by atoms with E-state index in [2.05, 4.69) is 21.2 Å². The molecule has 1 N–H and O–H groups in total. The van der Waals surface area contributed by atoms with Crippen molar-refractivity contribution in [1.82, 2.24) is 5.32 Å². The van der Waals surface area contributed by atoms with Crippen LogP contribution in [0.2, 0.25) is 0 Å². The Kier molecular flexibility index (Phi) is 5.39. The molecule has 0 saturated carbocycles. The van der Waals surface area contributed by atoms with Gasteiger partial charge in [-0.05, 0) is 18.8 Å². The zero-order valence-corrected chi connectivity index (χ0v) is 9.31. The van der Waals surface area contributed by atoms with Gasteiger partial charge >= 0.3 is 0 Å². The van der Waals surface area contributed by atoms with Crippen molar-refractivity contribution < 1.29 is 9.53 Å². The highest BCUT2D eigenvalue weighted by molar-refractivity contribution is 9.09. The van der Waals surface area contributed by atoms with Crippen LogP contribution in [-0.4, -0.2) is 31.0 Å². The molecular weight excluding hydrogens is 234 g/mol. The molecule has 3 nitrogen and oxygen atoms in total. The molecule has 4 heteroatoms. The molecule has 1 atom stereocenters. The van der Waals surface area contributed by atoms with Crippen molar-refractivity contribution in [3.05, 3.63) is 0 Å². The normalized spacial score (nSPS) is 22.7. The van der Waals surface area contributed by atoms with E-state index in [-0.39, 0.29) is 5.91 Å². The first-order chi connectivity index (χ1) is 6.33. The lowest BCUT2D eigenvalue weighted by Crippen LogP contribution is -2.33. The first-order valence-electron chi connectivity index (χ1n) is 4.73. The number of alkyl halides is 1. The topological polar surface area (TPSA) is 38.3 Å². The summed E-state index contributed by atoms with van der Waals surface area (Å²) in [5.41, 5.74) is 0. The Morgan fingerprint density at radius 2 is 2.46 bits per heavy atom. The zero-order valence-electron chi connectivity index (χ0n) is 7.72. The fraction of sp³-hybridized carbons (Fsp3) is 0.889. The predicted molar refractivity (Wildman–Crippen MR) is 55.0 cm³/mol. The maximum atomic E-state index is 11.1. The fourth-order valence-corrected chi connectivity index (χ4v) is 1.76. The third kappa shape index (κ3) is 4.62. The van der Waals surface area contributed by atoms with E-state index in [0.29, 0.717) is 12.3 Å². The van der Waals surface area contributed by atoms with E-state index in [1.54, 1.807) is 0 Å². The van der Waals surface area contributed by atoms with Crippen molar-refractivity contribution >= 4 is 21.8 Å². The predicted octanol–water partition coefficient (Wildman–Crippen LogP) is 1.31. The Morgan fingerprint density at radius 3 is 3.08 bits per heavy atom. The van der Waals surface area contributed by atoms with Crippen LogP contribution in [0.1, 0.15) is 19.3 Å². The summed E-state index contributed by atoms with van der Waals surface area (Å²) in [7, 11) is 0. The summed E-state index contributed by atoms with van der Waals surface area (Å²) in [6, 6.07) is 0. The second-order valence-corrected chi connectivity index (χ2v) is 4.12. The number of carbonyl (C=O) groups is 1. The number of hydrogen-bond donors (Lipinski definition) is 1. The van der Waals surface area contributed by atoms with Gasteiger partial charge in [0.1, 0.15) is 0 Å². The van der Waals surface area contributed by atoms with Crippen LogP contribution in [-0.2, 0) is 9.53 Å². The van der Waals surface area contributed by atoms with Crippen molar-refractivity contribution in [2.75, 3.05) is 25.1 Å². The van der Waals surface area contributed by atoms with Crippen LogP contribution in [0.15, 0.2) is 0 Å². The molecule has 1 aliphatic rings. The van der Waals surface area contributed by atoms with Gasteiger partial charge in [0.2, 0.25) is 5.91 Å². The van der Waals surface area contributed by atoms with Crippen molar-refractivity contribution in [2.45, 2.75) is 19.3 Å². The summed E-state index contributed by atoms with van der Waals surface area (Å²) >= 11 is 3.23. The van der Waals surface area contributed by atoms with Gasteiger partial charge < -0.3 is 10.1 Å². The lowest BCUT2D eigenvalue weighted by Gasteiger charge is -2.22. The van der Waals surface area contributed by atoms with Crippen molar-refractivity contribution in [3.8, 4) is 0 Å². The largest absolute Gasteiger partial charge is 0.381 e. The fourth-order valence-electron chi connectivity index (χ4n) is 1.40. The number of hydrogen-bond acceptors (Lipinski definition) is 2. The summed E-state index contributed by atoms with van der Waals surface area (Å²) < 4.78 is 5.31. The van der Waals surface area contributed by atoms with Crippen LogP contribution in [0, 0.1) is 5.92 Å². The third-order valence-corrected chi connectivity index (χ3v) is 2.56. The molecule has 0 spiro atoms. The highest BCUT2D eigenvalue weighted by Crippen LogP contribution is 2.11.